The van der Waals surface area contributed by atoms with E-state index in [0.29, 0.717) is 0 Å². The molecule has 94 valence electrons. The van der Waals surface area contributed by atoms with Gasteiger partial charge in [0.2, 0.25) is 5.91 Å². The predicted octanol–water partition coefficient (Wildman–Crippen LogP) is 3.78. The monoisotopic (exact) mass is 233 g/mol. The standard InChI is InChI=1S/C15H23NO/c1-5-9-13(4)15(17)16(6-2)14-11-8-7-10-12(14)3/h7-8,10-11,13H,5-6,9H2,1-4H3/t13-/m0/s1. The molecule has 0 fully saturated rings. The highest BCUT2D eigenvalue weighted by atomic mass is 16.2. The van der Waals surface area contributed by atoms with E-state index in [0.717, 1.165) is 30.6 Å². The Bertz CT molecular complexity index is 373. The number of carbonyl (C=O) groups excluding carboxylic acids is 1. The van der Waals surface area contributed by atoms with Crippen LogP contribution in [0.3, 0.4) is 0 Å². The van der Waals surface area contributed by atoms with Gasteiger partial charge in [0, 0.05) is 18.2 Å². The molecule has 1 amide bonds. The van der Waals surface area contributed by atoms with Gasteiger partial charge in [-0.2, -0.15) is 0 Å². The molecule has 0 aliphatic carbocycles. The summed E-state index contributed by atoms with van der Waals surface area (Å²) in [4.78, 5) is 14.2. The van der Waals surface area contributed by atoms with Crippen molar-refractivity contribution in [2.45, 2.75) is 40.5 Å². The predicted molar refractivity (Wildman–Crippen MR) is 73.3 cm³/mol. The molecule has 1 atom stereocenters. The normalized spacial score (nSPS) is 12.2. The van der Waals surface area contributed by atoms with Crippen LogP contribution >= 0.6 is 0 Å². The quantitative estimate of drug-likeness (QED) is 0.757. The molecule has 0 aromatic heterocycles. The number of amides is 1. The third kappa shape index (κ3) is 3.32. The van der Waals surface area contributed by atoms with Gasteiger partial charge >= 0.3 is 0 Å². The van der Waals surface area contributed by atoms with Gasteiger partial charge in [0.1, 0.15) is 0 Å². The Kier molecular flexibility index (Phi) is 5.20. The molecule has 1 aromatic carbocycles. The number of benzene rings is 1. The fraction of sp³-hybridized carbons (Fsp3) is 0.533. The third-order valence-corrected chi connectivity index (χ3v) is 3.13. The van der Waals surface area contributed by atoms with Crippen LogP contribution in [0, 0.1) is 12.8 Å². The molecule has 0 saturated carbocycles. The van der Waals surface area contributed by atoms with E-state index in [4.69, 9.17) is 0 Å². The first-order valence-electron chi connectivity index (χ1n) is 6.48. The highest BCUT2D eigenvalue weighted by molar-refractivity contribution is 5.95. The zero-order chi connectivity index (χ0) is 12.8. The first-order chi connectivity index (χ1) is 8.11. The van der Waals surface area contributed by atoms with Crippen LogP contribution in [0.4, 0.5) is 5.69 Å². The summed E-state index contributed by atoms with van der Waals surface area (Å²) in [5.41, 5.74) is 2.20. The topological polar surface area (TPSA) is 20.3 Å². The highest BCUT2D eigenvalue weighted by Crippen LogP contribution is 2.22. The van der Waals surface area contributed by atoms with Gasteiger partial charge < -0.3 is 4.90 Å². The summed E-state index contributed by atoms with van der Waals surface area (Å²) < 4.78 is 0. The Labute approximate surface area is 105 Å². The lowest BCUT2D eigenvalue weighted by Crippen LogP contribution is -2.35. The second kappa shape index (κ2) is 6.43. The minimum absolute atomic E-state index is 0.111. The molecule has 0 N–H and O–H groups in total. The largest absolute Gasteiger partial charge is 0.312 e. The summed E-state index contributed by atoms with van der Waals surface area (Å²) in [5.74, 6) is 0.350. The van der Waals surface area contributed by atoms with Crippen molar-refractivity contribution >= 4 is 11.6 Å². The van der Waals surface area contributed by atoms with Crippen molar-refractivity contribution in [2.75, 3.05) is 11.4 Å². The number of para-hydroxylation sites is 1. The van der Waals surface area contributed by atoms with E-state index in [9.17, 15) is 4.79 Å². The van der Waals surface area contributed by atoms with E-state index < -0.39 is 0 Å². The fourth-order valence-electron chi connectivity index (χ4n) is 2.13. The van der Waals surface area contributed by atoms with Crippen LogP contribution in [0.2, 0.25) is 0 Å². The molecular weight excluding hydrogens is 210 g/mol. The average molecular weight is 233 g/mol. The van der Waals surface area contributed by atoms with E-state index in [1.54, 1.807) is 0 Å². The van der Waals surface area contributed by atoms with Crippen LogP contribution < -0.4 is 4.90 Å². The van der Waals surface area contributed by atoms with Crippen LogP contribution in [0.15, 0.2) is 24.3 Å². The van der Waals surface area contributed by atoms with Crippen LogP contribution in [0.25, 0.3) is 0 Å². The van der Waals surface area contributed by atoms with Crippen molar-refractivity contribution in [1.82, 2.24) is 0 Å². The number of nitrogens with zero attached hydrogens (tertiary/aromatic N) is 1. The first-order valence-corrected chi connectivity index (χ1v) is 6.48. The Morgan fingerprint density at radius 1 is 1.29 bits per heavy atom. The van der Waals surface area contributed by atoms with Crippen LogP contribution in [-0.2, 0) is 4.79 Å². The Morgan fingerprint density at radius 2 is 1.94 bits per heavy atom. The molecule has 0 saturated heterocycles. The highest BCUT2D eigenvalue weighted by Gasteiger charge is 2.20. The van der Waals surface area contributed by atoms with Crippen molar-refractivity contribution in [3.8, 4) is 0 Å². The molecule has 1 rings (SSSR count). The number of aryl methyl sites for hydroxylation is 1. The van der Waals surface area contributed by atoms with Gasteiger partial charge in [-0.3, -0.25) is 4.79 Å². The van der Waals surface area contributed by atoms with Gasteiger partial charge in [-0.05, 0) is 31.9 Å². The summed E-state index contributed by atoms with van der Waals surface area (Å²) in [6.45, 7) is 8.96. The summed E-state index contributed by atoms with van der Waals surface area (Å²) in [5, 5.41) is 0. The molecule has 17 heavy (non-hydrogen) atoms. The minimum atomic E-state index is 0.111. The van der Waals surface area contributed by atoms with Crippen LogP contribution in [-0.4, -0.2) is 12.5 Å². The molecule has 2 nitrogen and oxygen atoms in total. The van der Waals surface area contributed by atoms with E-state index >= 15 is 0 Å². The second-order valence-corrected chi connectivity index (χ2v) is 4.56. The van der Waals surface area contributed by atoms with Crippen LogP contribution in [0.1, 0.15) is 39.2 Å². The van der Waals surface area contributed by atoms with E-state index in [2.05, 4.69) is 19.9 Å². The van der Waals surface area contributed by atoms with Crippen LogP contribution in [0.5, 0.6) is 0 Å². The molecule has 0 bridgehead atoms. The first kappa shape index (κ1) is 13.8. The minimum Gasteiger partial charge on any atom is -0.312 e. The number of hydrogen-bond acceptors (Lipinski definition) is 1. The van der Waals surface area contributed by atoms with Gasteiger partial charge in [0.15, 0.2) is 0 Å². The van der Waals surface area contributed by atoms with Crippen molar-refractivity contribution in [3.63, 3.8) is 0 Å². The SMILES string of the molecule is CCC[C@H](C)C(=O)N(CC)c1ccccc1C. The van der Waals surface area contributed by atoms with Gasteiger partial charge in [-0.1, -0.05) is 38.5 Å². The summed E-state index contributed by atoms with van der Waals surface area (Å²) in [6.07, 6.45) is 2.01. The summed E-state index contributed by atoms with van der Waals surface area (Å²) >= 11 is 0. The molecular formula is C15H23NO. The zero-order valence-corrected chi connectivity index (χ0v) is 11.4. The number of anilines is 1. The molecule has 0 aliphatic rings. The molecule has 2 heteroatoms. The Morgan fingerprint density at radius 3 is 2.47 bits per heavy atom. The van der Waals surface area contributed by atoms with Gasteiger partial charge in [-0.25, -0.2) is 0 Å². The van der Waals surface area contributed by atoms with E-state index in [1.807, 2.05) is 36.9 Å². The Balaban J connectivity index is 2.92. The molecule has 0 radical (unpaired) electrons. The summed E-state index contributed by atoms with van der Waals surface area (Å²) in [6, 6.07) is 8.07. The molecule has 1 aromatic rings. The van der Waals surface area contributed by atoms with Crippen molar-refractivity contribution in [2.24, 2.45) is 5.92 Å². The molecule has 0 spiro atoms. The lowest BCUT2D eigenvalue weighted by atomic mass is 10.0. The maximum Gasteiger partial charge on any atom is 0.229 e. The smallest absolute Gasteiger partial charge is 0.229 e. The maximum atomic E-state index is 12.3. The van der Waals surface area contributed by atoms with Crippen molar-refractivity contribution in [1.29, 1.82) is 0 Å². The zero-order valence-electron chi connectivity index (χ0n) is 11.4. The number of carbonyl (C=O) groups is 1. The summed E-state index contributed by atoms with van der Waals surface area (Å²) in [7, 11) is 0. The van der Waals surface area contributed by atoms with E-state index in [-0.39, 0.29) is 11.8 Å². The van der Waals surface area contributed by atoms with E-state index in [1.165, 1.54) is 0 Å². The lowest BCUT2D eigenvalue weighted by molar-refractivity contribution is -0.122. The lowest BCUT2D eigenvalue weighted by Gasteiger charge is -2.26. The molecule has 0 heterocycles. The maximum absolute atomic E-state index is 12.3. The Hall–Kier alpha value is -1.31. The van der Waals surface area contributed by atoms with Gasteiger partial charge in [-0.15, -0.1) is 0 Å². The van der Waals surface area contributed by atoms with Gasteiger partial charge in [0.25, 0.3) is 0 Å². The van der Waals surface area contributed by atoms with Gasteiger partial charge in [0.05, 0.1) is 0 Å². The molecule has 0 aliphatic heterocycles. The molecule has 0 unspecified atom stereocenters. The second-order valence-electron chi connectivity index (χ2n) is 4.56. The average Bonchev–Trinajstić information content (AvgIpc) is 2.32. The fourth-order valence-corrected chi connectivity index (χ4v) is 2.13. The third-order valence-electron chi connectivity index (χ3n) is 3.13. The van der Waals surface area contributed by atoms with Crippen molar-refractivity contribution in [3.05, 3.63) is 29.8 Å². The van der Waals surface area contributed by atoms with Crippen molar-refractivity contribution < 1.29 is 4.79 Å². The number of hydrogen-bond donors (Lipinski definition) is 0. The number of rotatable bonds is 5.